The quantitative estimate of drug-likeness (QED) is 0.516. The number of piperidine rings is 1. The standard InChI is InChI=1S/C24H29N7O2S/c32-22-21(34-24(33)30-22)12-18-5-9-27-23(29-18)31-10-6-16(7-11-31)13-25-15-19-4-3-17(14-28-19)20-2-1-8-26-20/h3-5,9,12,14,16,20,25-26H,1-2,6-8,10-11,13,15H2,(H,30,32,33)/b21-12+. The largest absolute Gasteiger partial charge is 0.341 e. The Morgan fingerprint density at radius 1 is 1.15 bits per heavy atom. The molecule has 1 unspecified atom stereocenters. The van der Waals surface area contributed by atoms with Crippen molar-refractivity contribution >= 4 is 34.9 Å². The third-order valence-electron chi connectivity index (χ3n) is 6.53. The SMILES string of the molecule is O=C1NC(=O)/C(=C\c2ccnc(N3CCC(CNCc4ccc(C5CCCN5)cn4)CC3)n2)S1. The molecule has 0 radical (unpaired) electrons. The van der Waals surface area contributed by atoms with Crippen molar-refractivity contribution in [1.82, 2.24) is 30.9 Å². The van der Waals surface area contributed by atoms with Crippen LogP contribution < -0.4 is 20.9 Å². The van der Waals surface area contributed by atoms with Crippen molar-refractivity contribution in [3.05, 3.63) is 52.4 Å². The van der Waals surface area contributed by atoms with Crippen LogP contribution in [-0.2, 0) is 11.3 Å². The Kier molecular flexibility index (Phi) is 7.17. The molecular weight excluding hydrogens is 450 g/mol. The Hall–Kier alpha value is -2.82. The maximum absolute atomic E-state index is 11.8. The molecule has 0 spiro atoms. The minimum Gasteiger partial charge on any atom is -0.341 e. The number of hydrogen-bond donors (Lipinski definition) is 3. The lowest BCUT2D eigenvalue weighted by molar-refractivity contribution is -0.115. The van der Waals surface area contributed by atoms with Crippen molar-refractivity contribution in [2.75, 3.05) is 31.1 Å². The number of amides is 2. The van der Waals surface area contributed by atoms with Crippen molar-refractivity contribution in [3.8, 4) is 0 Å². The van der Waals surface area contributed by atoms with Gasteiger partial charge in [0.05, 0.1) is 16.3 Å². The Morgan fingerprint density at radius 3 is 2.74 bits per heavy atom. The molecule has 0 aromatic carbocycles. The number of nitrogens with one attached hydrogen (secondary N) is 3. The molecule has 2 aromatic heterocycles. The van der Waals surface area contributed by atoms with E-state index in [9.17, 15) is 9.59 Å². The predicted octanol–water partition coefficient (Wildman–Crippen LogP) is 2.63. The predicted molar refractivity (Wildman–Crippen MR) is 132 cm³/mol. The lowest BCUT2D eigenvalue weighted by Gasteiger charge is -2.32. The molecule has 3 fully saturated rings. The van der Waals surface area contributed by atoms with Crippen molar-refractivity contribution < 1.29 is 9.59 Å². The molecule has 9 nitrogen and oxygen atoms in total. The van der Waals surface area contributed by atoms with Crippen molar-refractivity contribution in [2.45, 2.75) is 38.3 Å². The molecule has 178 valence electrons. The van der Waals surface area contributed by atoms with E-state index in [0.29, 0.717) is 28.5 Å². The van der Waals surface area contributed by atoms with Gasteiger partial charge >= 0.3 is 0 Å². The molecular formula is C24H29N7O2S. The highest BCUT2D eigenvalue weighted by molar-refractivity contribution is 8.18. The van der Waals surface area contributed by atoms with E-state index in [-0.39, 0.29) is 11.1 Å². The summed E-state index contributed by atoms with van der Waals surface area (Å²) in [5, 5.41) is 8.99. The number of carbonyl (C=O) groups is 2. The molecule has 3 aliphatic rings. The van der Waals surface area contributed by atoms with E-state index in [2.05, 4.69) is 47.9 Å². The molecule has 3 saturated heterocycles. The summed E-state index contributed by atoms with van der Waals surface area (Å²) in [5.41, 5.74) is 2.99. The number of rotatable bonds is 7. The molecule has 2 amide bonds. The first kappa shape index (κ1) is 22.9. The van der Waals surface area contributed by atoms with E-state index in [1.165, 1.54) is 18.4 Å². The number of nitrogens with zero attached hydrogens (tertiary/aromatic N) is 4. The van der Waals surface area contributed by atoms with Crippen LogP contribution in [0.2, 0.25) is 0 Å². The summed E-state index contributed by atoms with van der Waals surface area (Å²) in [7, 11) is 0. The second-order valence-electron chi connectivity index (χ2n) is 8.93. The zero-order valence-corrected chi connectivity index (χ0v) is 19.8. The minimum absolute atomic E-state index is 0.351. The Balaban J connectivity index is 1.08. The molecule has 3 aliphatic heterocycles. The van der Waals surface area contributed by atoms with Gasteiger partial charge in [-0.1, -0.05) is 6.07 Å². The number of pyridine rings is 1. The van der Waals surface area contributed by atoms with Crippen LogP contribution in [0.25, 0.3) is 6.08 Å². The van der Waals surface area contributed by atoms with Crippen LogP contribution in [0.4, 0.5) is 10.7 Å². The van der Waals surface area contributed by atoms with Gasteiger partial charge in [0.15, 0.2) is 0 Å². The highest BCUT2D eigenvalue weighted by Gasteiger charge is 2.26. The fraction of sp³-hybridized carbons (Fsp3) is 0.458. The average Bonchev–Trinajstić information content (AvgIpc) is 3.50. The molecule has 5 rings (SSSR count). The van der Waals surface area contributed by atoms with Crippen molar-refractivity contribution in [2.24, 2.45) is 5.92 Å². The fourth-order valence-corrected chi connectivity index (χ4v) is 5.27. The molecule has 5 heterocycles. The number of aromatic nitrogens is 3. The van der Waals surface area contributed by atoms with E-state index in [0.717, 1.165) is 63.0 Å². The van der Waals surface area contributed by atoms with Crippen LogP contribution in [0.5, 0.6) is 0 Å². The molecule has 0 bridgehead atoms. The monoisotopic (exact) mass is 479 g/mol. The van der Waals surface area contributed by atoms with E-state index in [1.807, 2.05) is 6.20 Å². The third-order valence-corrected chi connectivity index (χ3v) is 7.34. The van der Waals surface area contributed by atoms with Gasteiger partial charge < -0.3 is 15.5 Å². The normalized spacial score (nSPS) is 22.5. The highest BCUT2D eigenvalue weighted by Crippen LogP contribution is 2.26. The van der Waals surface area contributed by atoms with Gasteiger partial charge in [-0.05, 0) is 80.2 Å². The first-order valence-corrected chi connectivity index (χ1v) is 12.7. The molecule has 0 aliphatic carbocycles. The summed E-state index contributed by atoms with van der Waals surface area (Å²) in [6.45, 7) is 4.63. The van der Waals surface area contributed by atoms with Gasteiger partial charge in [-0.25, -0.2) is 9.97 Å². The molecule has 2 aromatic rings. The van der Waals surface area contributed by atoms with Crippen LogP contribution in [0, 0.1) is 5.92 Å². The third kappa shape index (κ3) is 5.63. The van der Waals surface area contributed by atoms with Gasteiger partial charge in [-0.3, -0.25) is 19.9 Å². The maximum Gasteiger partial charge on any atom is 0.290 e. The zero-order valence-electron chi connectivity index (χ0n) is 19.0. The lowest BCUT2D eigenvalue weighted by Crippen LogP contribution is -2.38. The van der Waals surface area contributed by atoms with E-state index < -0.39 is 0 Å². The maximum atomic E-state index is 11.8. The number of imide groups is 1. The van der Waals surface area contributed by atoms with E-state index >= 15 is 0 Å². The number of anilines is 1. The van der Waals surface area contributed by atoms with Crippen molar-refractivity contribution in [1.29, 1.82) is 0 Å². The van der Waals surface area contributed by atoms with Crippen LogP contribution >= 0.6 is 11.8 Å². The summed E-state index contributed by atoms with van der Waals surface area (Å²) in [6.07, 6.45) is 9.91. The summed E-state index contributed by atoms with van der Waals surface area (Å²) >= 11 is 0.896. The molecule has 10 heteroatoms. The molecule has 0 saturated carbocycles. The van der Waals surface area contributed by atoms with Gasteiger partial charge in [-0.15, -0.1) is 0 Å². The van der Waals surface area contributed by atoms with Crippen LogP contribution in [0.3, 0.4) is 0 Å². The summed E-state index contributed by atoms with van der Waals surface area (Å²) in [4.78, 5) is 39.3. The number of carbonyl (C=O) groups excluding carboxylic acids is 2. The number of hydrogen-bond acceptors (Lipinski definition) is 9. The number of thioether (sulfide) groups is 1. The molecule has 34 heavy (non-hydrogen) atoms. The Morgan fingerprint density at radius 2 is 2.03 bits per heavy atom. The van der Waals surface area contributed by atoms with Crippen molar-refractivity contribution in [3.63, 3.8) is 0 Å². The van der Waals surface area contributed by atoms with E-state index in [4.69, 9.17) is 0 Å². The summed E-state index contributed by atoms with van der Waals surface area (Å²) in [5.74, 6) is 0.894. The van der Waals surface area contributed by atoms with Crippen LogP contribution in [0.1, 0.15) is 48.7 Å². The van der Waals surface area contributed by atoms with E-state index in [1.54, 1.807) is 18.3 Å². The average molecular weight is 480 g/mol. The summed E-state index contributed by atoms with van der Waals surface area (Å²) in [6, 6.07) is 6.54. The molecule has 3 N–H and O–H groups in total. The zero-order chi connectivity index (χ0) is 23.3. The Bertz CT molecular complexity index is 1060. The smallest absolute Gasteiger partial charge is 0.290 e. The minimum atomic E-state index is -0.375. The first-order valence-electron chi connectivity index (χ1n) is 11.9. The Labute approximate surface area is 203 Å². The fourth-order valence-electron chi connectivity index (χ4n) is 4.61. The second-order valence-corrected chi connectivity index (χ2v) is 9.94. The highest BCUT2D eigenvalue weighted by atomic mass is 32.2. The van der Waals surface area contributed by atoms with Crippen LogP contribution in [-0.4, -0.2) is 52.3 Å². The van der Waals surface area contributed by atoms with Gasteiger partial charge in [0.25, 0.3) is 11.1 Å². The van der Waals surface area contributed by atoms with Gasteiger partial charge in [-0.2, -0.15) is 0 Å². The molecule has 1 atom stereocenters. The van der Waals surface area contributed by atoms with Gasteiger partial charge in [0, 0.05) is 38.1 Å². The lowest BCUT2D eigenvalue weighted by atomic mass is 9.97. The van der Waals surface area contributed by atoms with Crippen LogP contribution in [0.15, 0.2) is 35.5 Å². The second kappa shape index (κ2) is 10.6. The topological polar surface area (TPSA) is 112 Å². The van der Waals surface area contributed by atoms with Gasteiger partial charge in [0.2, 0.25) is 5.95 Å². The summed E-state index contributed by atoms with van der Waals surface area (Å²) < 4.78 is 0. The first-order chi connectivity index (χ1) is 16.6. The van der Waals surface area contributed by atoms with Gasteiger partial charge in [0.1, 0.15) is 0 Å².